The molecule has 168 valence electrons. The minimum Gasteiger partial charge on any atom is -0.347 e. The molecule has 2 aromatic heterocycles. The Bertz CT molecular complexity index is 1560. The Morgan fingerprint density at radius 3 is 2.45 bits per heavy atom. The Balaban J connectivity index is 1.62. The monoisotopic (exact) mass is 463 g/mol. The molecule has 1 N–H and O–H groups in total. The minimum atomic E-state index is -3.50. The summed E-state index contributed by atoms with van der Waals surface area (Å²) in [7, 11) is -3.50. The number of para-hydroxylation sites is 2. The number of rotatable bonds is 7. The number of carbonyl (C=O) groups is 2. The number of nitrogens with one attached hydrogen (secondary N) is 1. The molecule has 1 aliphatic heterocycles. The Hall–Kier alpha value is -3.69. The third-order valence-corrected chi connectivity index (χ3v) is 6.24. The van der Waals surface area contributed by atoms with E-state index in [4.69, 9.17) is 4.18 Å². The van der Waals surface area contributed by atoms with Crippen molar-refractivity contribution in [2.75, 3.05) is 12.9 Å². The van der Waals surface area contributed by atoms with Gasteiger partial charge in [0.2, 0.25) is 0 Å². The van der Waals surface area contributed by atoms with E-state index >= 15 is 0 Å². The summed E-state index contributed by atoms with van der Waals surface area (Å²) in [6.07, 6.45) is 5.11. The van der Waals surface area contributed by atoms with E-state index < -0.39 is 21.9 Å². The molecule has 2 amide bonds. The SMILES string of the molecule is CS(=O)(=O)OCCCn1cc(C2=C(n3ccc4ccccc43)C(=O)NC2=O)c2ccccc21. The van der Waals surface area contributed by atoms with Crippen LogP contribution in [0.2, 0.25) is 0 Å². The van der Waals surface area contributed by atoms with Gasteiger partial charge in [-0.2, -0.15) is 8.42 Å². The van der Waals surface area contributed by atoms with Crippen LogP contribution in [0.15, 0.2) is 67.0 Å². The minimum absolute atomic E-state index is 0.0585. The quantitative estimate of drug-likeness (QED) is 0.258. The van der Waals surface area contributed by atoms with Crippen LogP contribution in [0.5, 0.6) is 0 Å². The Labute approximate surface area is 190 Å². The highest BCUT2D eigenvalue weighted by atomic mass is 32.2. The first kappa shape index (κ1) is 21.2. The third-order valence-electron chi connectivity index (χ3n) is 5.65. The Morgan fingerprint density at radius 1 is 0.939 bits per heavy atom. The van der Waals surface area contributed by atoms with Gasteiger partial charge >= 0.3 is 0 Å². The lowest BCUT2D eigenvalue weighted by molar-refractivity contribution is -0.122. The molecule has 0 spiro atoms. The molecule has 0 atom stereocenters. The number of fused-ring (bicyclic) bond motifs is 2. The predicted molar refractivity (Wildman–Crippen MR) is 126 cm³/mol. The van der Waals surface area contributed by atoms with Crippen molar-refractivity contribution in [1.82, 2.24) is 14.5 Å². The second kappa shape index (κ2) is 8.02. The molecule has 0 saturated heterocycles. The van der Waals surface area contributed by atoms with Crippen LogP contribution in [0.1, 0.15) is 12.0 Å². The fourth-order valence-corrected chi connectivity index (χ4v) is 4.70. The lowest BCUT2D eigenvalue weighted by atomic mass is 10.0. The van der Waals surface area contributed by atoms with E-state index in [2.05, 4.69) is 5.32 Å². The standard InChI is InChI=1S/C24H21N3O5S/c1-33(30,31)32-14-6-12-26-15-18(17-8-3-5-10-20(17)26)21-22(24(29)25-23(21)28)27-13-11-16-7-2-4-9-19(16)27/h2-5,7-11,13,15H,6,12,14H2,1H3,(H,25,28,29). The molecular weight excluding hydrogens is 442 g/mol. The van der Waals surface area contributed by atoms with Crippen LogP contribution in [0.3, 0.4) is 0 Å². The van der Waals surface area contributed by atoms with Crippen LogP contribution >= 0.6 is 0 Å². The molecule has 2 aromatic carbocycles. The van der Waals surface area contributed by atoms with E-state index in [9.17, 15) is 18.0 Å². The summed E-state index contributed by atoms with van der Waals surface area (Å²) in [6.45, 7) is 0.545. The van der Waals surface area contributed by atoms with Crippen molar-refractivity contribution in [3.63, 3.8) is 0 Å². The van der Waals surface area contributed by atoms with Gasteiger partial charge in [0.25, 0.3) is 21.9 Å². The average Bonchev–Trinajstić information content (AvgIpc) is 3.43. The first-order chi connectivity index (χ1) is 15.8. The van der Waals surface area contributed by atoms with Gasteiger partial charge in [-0.25, -0.2) is 0 Å². The van der Waals surface area contributed by atoms with Crippen molar-refractivity contribution in [3.8, 4) is 0 Å². The van der Waals surface area contributed by atoms with E-state index in [1.807, 2.05) is 65.4 Å². The van der Waals surface area contributed by atoms with Gasteiger partial charge in [0.05, 0.1) is 24.0 Å². The zero-order valence-electron chi connectivity index (χ0n) is 17.8. The van der Waals surface area contributed by atoms with Gasteiger partial charge in [-0.3, -0.25) is 19.1 Å². The number of imide groups is 1. The molecule has 0 aliphatic carbocycles. The van der Waals surface area contributed by atoms with Crippen molar-refractivity contribution in [2.24, 2.45) is 0 Å². The number of amides is 2. The zero-order chi connectivity index (χ0) is 23.2. The normalized spacial score (nSPS) is 14.6. The predicted octanol–water partition coefficient (Wildman–Crippen LogP) is 2.99. The van der Waals surface area contributed by atoms with Crippen LogP contribution in [-0.2, 0) is 30.4 Å². The second-order valence-electron chi connectivity index (χ2n) is 7.88. The highest BCUT2D eigenvalue weighted by Gasteiger charge is 2.34. The number of carbonyl (C=O) groups excluding carboxylic acids is 2. The summed E-state index contributed by atoms with van der Waals surface area (Å²) < 4.78 is 31.0. The maximum absolute atomic E-state index is 13.0. The van der Waals surface area contributed by atoms with Crippen LogP contribution in [0.25, 0.3) is 33.1 Å². The zero-order valence-corrected chi connectivity index (χ0v) is 18.6. The smallest absolute Gasteiger partial charge is 0.275 e. The number of nitrogens with zero attached hydrogens (tertiary/aromatic N) is 2. The fourth-order valence-electron chi connectivity index (χ4n) is 4.28. The summed E-state index contributed by atoms with van der Waals surface area (Å²) >= 11 is 0. The maximum Gasteiger partial charge on any atom is 0.275 e. The molecule has 0 fully saturated rings. The lowest BCUT2D eigenvalue weighted by Gasteiger charge is -2.07. The summed E-state index contributed by atoms with van der Waals surface area (Å²) in [5.74, 6) is -0.897. The summed E-state index contributed by atoms with van der Waals surface area (Å²) in [5, 5.41) is 4.23. The Kier molecular flexibility index (Phi) is 5.15. The molecule has 33 heavy (non-hydrogen) atoms. The highest BCUT2D eigenvalue weighted by molar-refractivity contribution is 7.85. The summed E-state index contributed by atoms with van der Waals surface area (Å²) in [4.78, 5) is 25.8. The number of hydrogen-bond donors (Lipinski definition) is 1. The molecule has 0 unspecified atom stereocenters. The van der Waals surface area contributed by atoms with Crippen LogP contribution in [0.4, 0.5) is 0 Å². The largest absolute Gasteiger partial charge is 0.347 e. The molecule has 1 aliphatic rings. The second-order valence-corrected chi connectivity index (χ2v) is 9.53. The lowest BCUT2D eigenvalue weighted by Crippen LogP contribution is -2.23. The van der Waals surface area contributed by atoms with Crippen molar-refractivity contribution < 1.29 is 22.2 Å². The highest BCUT2D eigenvalue weighted by Crippen LogP contribution is 2.35. The van der Waals surface area contributed by atoms with Gasteiger partial charge in [-0.15, -0.1) is 0 Å². The molecule has 0 radical (unpaired) electrons. The van der Waals surface area contributed by atoms with E-state index in [1.165, 1.54) is 0 Å². The summed E-state index contributed by atoms with van der Waals surface area (Å²) in [6, 6.07) is 17.2. The van der Waals surface area contributed by atoms with Gasteiger partial charge < -0.3 is 9.13 Å². The number of aromatic nitrogens is 2. The molecule has 5 rings (SSSR count). The van der Waals surface area contributed by atoms with E-state index in [0.29, 0.717) is 24.1 Å². The van der Waals surface area contributed by atoms with Gasteiger partial charge in [-0.05, 0) is 30.0 Å². The van der Waals surface area contributed by atoms with Crippen LogP contribution in [0, 0.1) is 0 Å². The molecule has 8 nitrogen and oxygen atoms in total. The average molecular weight is 464 g/mol. The third kappa shape index (κ3) is 3.85. The molecule has 0 bridgehead atoms. The maximum atomic E-state index is 13.0. The van der Waals surface area contributed by atoms with Gasteiger partial charge in [-0.1, -0.05) is 36.4 Å². The van der Waals surface area contributed by atoms with E-state index in [1.54, 1.807) is 10.8 Å². The van der Waals surface area contributed by atoms with Crippen molar-refractivity contribution in [2.45, 2.75) is 13.0 Å². The number of benzene rings is 2. The van der Waals surface area contributed by atoms with Gasteiger partial charge in [0, 0.05) is 35.4 Å². The molecule has 3 heterocycles. The first-order valence-electron chi connectivity index (χ1n) is 10.4. The van der Waals surface area contributed by atoms with Crippen molar-refractivity contribution in [3.05, 3.63) is 72.6 Å². The molecule has 0 saturated carbocycles. The van der Waals surface area contributed by atoms with Crippen LogP contribution in [-0.4, -0.2) is 42.2 Å². The number of hydrogen-bond acceptors (Lipinski definition) is 5. The Morgan fingerprint density at radius 2 is 1.67 bits per heavy atom. The van der Waals surface area contributed by atoms with E-state index in [-0.39, 0.29) is 12.3 Å². The topological polar surface area (TPSA) is 99.4 Å². The molecular formula is C24H21N3O5S. The van der Waals surface area contributed by atoms with Crippen molar-refractivity contribution >= 4 is 55.0 Å². The van der Waals surface area contributed by atoms with E-state index in [0.717, 1.165) is 28.1 Å². The fraction of sp³-hybridized carbons (Fsp3) is 0.167. The summed E-state index contributed by atoms with van der Waals surface area (Å²) in [5.41, 5.74) is 2.94. The van der Waals surface area contributed by atoms with Gasteiger partial charge in [0.15, 0.2) is 0 Å². The van der Waals surface area contributed by atoms with Crippen molar-refractivity contribution in [1.29, 1.82) is 0 Å². The van der Waals surface area contributed by atoms with Crippen LogP contribution < -0.4 is 5.32 Å². The first-order valence-corrected chi connectivity index (χ1v) is 12.2. The number of aryl methyl sites for hydroxylation is 1. The molecule has 9 heteroatoms. The van der Waals surface area contributed by atoms with Gasteiger partial charge in [0.1, 0.15) is 5.70 Å². The molecule has 4 aromatic rings.